The fourth-order valence-electron chi connectivity index (χ4n) is 2.20. The second kappa shape index (κ2) is 5.81. The van der Waals surface area contributed by atoms with Crippen molar-refractivity contribution in [3.63, 3.8) is 0 Å². The van der Waals surface area contributed by atoms with E-state index in [1.54, 1.807) is 26.0 Å². The summed E-state index contributed by atoms with van der Waals surface area (Å²) >= 11 is 3.37. The average Bonchev–Trinajstić information content (AvgIpc) is 2.38. The van der Waals surface area contributed by atoms with Gasteiger partial charge < -0.3 is 14.9 Å². The van der Waals surface area contributed by atoms with E-state index in [0.29, 0.717) is 10.9 Å². The predicted octanol–water partition coefficient (Wildman–Crippen LogP) is 3.21. The quantitative estimate of drug-likeness (QED) is 0.843. The molecule has 2 rings (SSSR count). The third-order valence-electron chi connectivity index (χ3n) is 3.10. The highest BCUT2D eigenvalue weighted by Gasteiger charge is 2.25. The van der Waals surface area contributed by atoms with Gasteiger partial charge in [0.2, 0.25) is 0 Å². The van der Waals surface area contributed by atoms with Gasteiger partial charge in [0.25, 0.3) is 0 Å². The summed E-state index contributed by atoms with van der Waals surface area (Å²) in [5, 5.41) is 21.8. The molecule has 0 aliphatic heterocycles. The van der Waals surface area contributed by atoms with E-state index in [9.17, 15) is 15.0 Å². The van der Waals surface area contributed by atoms with Crippen molar-refractivity contribution in [2.45, 2.75) is 20.0 Å². The lowest BCUT2D eigenvalue weighted by molar-refractivity contribution is -0.153. The molecule has 0 aliphatic carbocycles. The first-order chi connectivity index (χ1) is 9.45. The lowest BCUT2D eigenvalue weighted by Gasteiger charge is -2.16. The largest absolute Gasteiger partial charge is 0.507 e. The zero-order valence-electron chi connectivity index (χ0n) is 11.2. The summed E-state index contributed by atoms with van der Waals surface area (Å²) in [6.07, 6.45) is -1.48. The molecule has 4 nitrogen and oxygen atoms in total. The first kappa shape index (κ1) is 14.8. The Morgan fingerprint density at radius 2 is 2.10 bits per heavy atom. The Hall–Kier alpha value is -1.59. The maximum absolute atomic E-state index is 11.6. The first-order valence-electron chi connectivity index (χ1n) is 6.22. The van der Waals surface area contributed by atoms with Crippen molar-refractivity contribution in [2.75, 3.05) is 6.61 Å². The summed E-state index contributed by atoms with van der Waals surface area (Å²) in [5.74, 6) is -0.851. The molecule has 5 heteroatoms. The van der Waals surface area contributed by atoms with Crippen LogP contribution in [-0.2, 0) is 9.53 Å². The van der Waals surface area contributed by atoms with Crippen molar-refractivity contribution in [3.05, 3.63) is 39.9 Å². The minimum atomic E-state index is -1.48. The number of fused-ring (bicyclic) bond motifs is 1. The number of aliphatic hydroxyl groups is 1. The minimum Gasteiger partial charge on any atom is -0.507 e. The molecule has 0 aliphatic rings. The van der Waals surface area contributed by atoms with Crippen LogP contribution in [0.4, 0.5) is 0 Å². The van der Waals surface area contributed by atoms with Crippen molar-refractivity contribution < 1.29 is 19.7 Å². The van der Waals surface area contributed by atoms with Gasteiger partial charge in [-0.1, -0.05) is 22.0 Å². The highest BCUT2D eigenvalue weighted by atomic mass is 79.9. The van der Waals surface area contributed by atoms with Gasteiger partial charge in [0, 0.05) is 15.4 Å². The number of carbonyl (C=O) groups is 1. The SMILES string of the molecule is CCOC(=O)C(O)c1c(C)cc2cc(Br)ccc2c1O. The van der Waals surface area contributed by atoms with Gasteiger partial charge in [-0.3, -0.25) is 0 Å². The number of hydrogen-bond acceptors (Lipinski definition) is 4. The first-order valence-corrected chi connectivity index (χ1v) is 7.01. The number of carbonyl (C=O) groups excluding carboxylic acids is 1. The highest BCUT2D eigenvalue weighted by Crippen LogP contribution is 2.36. The number of aliphatic hydroxyl groups excluding tert-OH is 1. The fraction of sp³-hybridized carbons (Fsp3) is 0.267. The number of rotatable bonds is 3. The Labute approximate surface area is 125 Å². The van der Waals surface area contributed by atoms with Crippen LogP contribution in [0.1, 0.15) is 24.2 Å². The molecule has 0 amide bonds. The number of esters is 1. The van der Waals surface area contributed by atoms with E-state index in [0.717, 1.165) is 9.86 Å². The van der Waals surface area contributed by atoms with Crippen LogP contribution < -0.4 is 0 Å². The van der Waals surface area contributed by atoms with Gasteiger partial charge >= 0.3 is 5.97 Å². The Bertz CT molecular complexity index is 666. The maximum Gasteiger partial charge on any atom is 0.339 e. The molecule has 2 N–H and O–H groups in total. The second-order valence-corrected chi connectivity index (χ2v) is 5.39. The van der Waals surface area contributed by atoms with E-state index in [4.69, 9.17) is 4.74 Å². The molecule has 0 radical (unpaired) electrons. The lowest BCUT2D eigenvalue weighted by atomic mass is 9.96. The molecule has 0 saturated heterocycles. The predicted molar refractivity (Wildman–Crippen MR) is 79.6 cm³/mol. The minimum absolute atomic E-state index is 0.0898. The van der Waals surface area contributed by atoms with Crippen molar-refractivity contribution in [2.24, 2.45) is 0 Å². The monoisotopic (exact) mass is 338 g/mol. The topological polar surface area (TPSA) is 66.8 Å². The number of benzene rings is 2. The number of halogens is 1. The van der Waals surface area contributed by atoms with E-state index < -0.39 is 12.1 Å². The molecule has 0 saturated carbocycles. The third-order valence-corrected chi connectivity index (χ3v) is 3.60. The van der Waals surface area contributed by atoms with Gasteiger partial charge in [-0.2, -0.15) is 0 Å². The third kappa shape index (κ3) is 2.64. The molecule has 0 fully saturated rings. The van der Waals surface area contributed by atoms with Crippen LogP contribution in [0.25, 0.3) is 10.8 Å². The fourth-order valence-corrected chi connectivity index (χ4v) is 2.57. The Morgan fingerprint density at radius 3 is 2.75 bits per heavy atom. The number of ether oxygens (including phenoxy) is 1. The van der Waals surface area contributed by atoms with Crippen LogP contribution in [-0.4, -0.2) is 22.8 Å². The van der Waals surface area contributed by atoms with Gasteiger partial charge in [-0.15, -0.1) is 0 Å². The zero-order valence-corrected chi connectivity index (χ0v) is 12.8. The number of hydrogen-bond donors (Lipinski definition) is 2. The molecule has 20 heavy (non-hydrogen) atoms. The van der Waals surface area contributed by atoms with Crippen LogP contribution in [0.15, 0.2) is 28.7 Å². The summed E-state index contributed by atoms with van der Waals surface area (Å²) < 4.78 is 5.68. The van der Waals surface area contributed by atoms with E-state index >= 15 is 0 Å². The molecule has 106 valence electrons. The number of aryl methyl sites for hydroxylation is 1. The van der Waals surface area contributed by atoms with E-state index in [1.165, 1.54) is 0 Å². The molecule has 0 bridgehead atoms. The van der Waals surface area contributed by atoms with Crippen molar-refractivity contribution >= 4 is 32.7 Å². The summed E-state index contributed by atoms with van der Waals surface area (Å²) in [6.45, 7) is 3.57. The molecule has 2 aromatic carbocycles. The molecule has 0 aromatic heterocycles. The van der Waals surface area contributed by atoms with Crippen LogP contribution in [0.5, 0.6) is 5.75 Å². The summed E-state index contributed by atoms with van der Waals surface area (Å²) in [4.78, 5) is 11.6. The summed E-state index contributed by atoms with van der Waals surface area (Å²) in [6, 6.07) is 7.20. The van der Waals surface area contributed by atoms with E-state index in [-0.39, 0.29) is 17.9 Å². The van der Waals surface area contributed by atoms with Gasteiger partial charge in [-0.05, 0) is 43.0 Å². The lowest BCUT2D eigenvalue weighted by Crippen LogP contribution is -2.16. The molecular formula is C15H15BrO4. The van der Waals surface area contributed by atoms with Gasteiger partial charge in [0.1, 0.15) is 5.75 Å². The Balaban J connectivity index is 2.59. The Morgan fingerprint density at radius 1 is 1.40 bits per heavy atom. The smallest absolute Gasteiger partial charge is 0.339 e. The van der Waals surface area contributed by atoms with Gasteiger partial charge in [0.15, 0.2) is 6.10 Å². The molecule has 1 atom stereocenters. The molecule has 2 aromatic rings. The van der Waals surface area contributed by atoms with Gasteiger partial charge in [0.05, 0.1) is 6.61 Å². The number of phenols is 1. The maximum atomic E-state index is 11.6. The van der Waals surface area contributed by atoms with Crippen LogP contribution in [0.3, 0.4) is 0 Å². The number of aromatic hydroxyl groups is 1. The second-order valence-electron chi connectivity index (χ2n) is 4.48. The Kier molecular flexibility index (Phi) is 4.30. The molecule has 0 spiro atoms. The van der Waals surface area contributed by atoms with Gasteiger partial charge in [-0.25, -0.2) is 4.79 Å². The van der Waals surface area contributed by atoms with E-state index in [1.807, 2.05) is 12.1 Å². The van der Waals surface area contributed by atoms with Crippen molar-refractivity contribution in [3.8, 4) is 5.75 Å². The summed E-state index contributed by atoms with van der Waals surface area (Å²) in [7, 11) is 0. The van der Waals surface area contributed by atoms with Crippen LogP contribution >= 0.6 is 15.9 Å². The highest BCUT2D eigenvalue weighted by molar-refractivity contribution is 9.10. The van der Waals surface area contributed by atoms with Crippen molar-refractivity contribution in [1.29, 1.82) is 0 Å². The normalized spacial score (nSPS) is 12.4. The standard InChI is InChI=1S/C15H15BrO4/c1-3-20-15(19)14(18)12-8(2)6-9-7-10(16)4-5-11(9)13(12)17/h4-7,14,17-18H,3H2,1-2H3. The molecule has 0 heterocycles. The number of phenolic OH excluding ortho intramolecular Hbond substituents is 1. The molecule has 1 unspecified atom stereocenters. The van der Waals surface area contributed by atoms with Crippen molar-refractivity contribution in [1.82, 2.24) is 0 Å². The van der Waals surface area contributed by atoms with Crippen LogP contribution in [0, 0.1) is 6.92 Å². The van der Waals surface area contributed by atoms with E-state index in [2.05, 4.69) is 15.9 Å². The average molecular weight is 339 g/mol. The molecular weight excluding hydrogens is 324 g/mol. The zero-order chi connectivity index (χ0) is 14.9. The summed E-state index contributed by atoms with van der Waals surface area (Å²) in [5.41, 5.74) is 0.826. The van der Waals surface area contributed by atoms with Crippen LogP contribution in [0.2, 0.25) is 0 Å².